The number of rotatable bonds is 3. The molecule has 1 fully saturated rings. The van der Waals surface area contributed by atoms with Gasteiger partial charge < -0.3 is 5.11 Å². The topological polar surface area (TPSA) is 70.5 Å². The minimum absolute atomic E-state index is 0.00906. The first kappa shape index (κ1) is 20.1. The fourth-order valence-electron chi connectivity index (χ4n) is 3.45. The van der Waals surface area contributed by atoms with Crippen molar-refractivity contribution >= 4 is 46.3 Å². The number of aliphatic hydroxyl groups is 1. The van der Waals surface area contributed by atoms with Crippen molar-refractivity contribution in [2.75, 3.05) is 4.90 Å². The summed E-state index contributed by atoms with van der Waals surface area (Å²) in [5.74, 6) is -1.79. The average molecular weight is 439 g/mol. The van der Waals surface area contributed by atoms with Gasteiger partial charge in [0.15, 0.2) is 0 Å². The molecule has 5 nitrogen and oxygen atoms in total. The Bertz CT molecular complexity index is 1170. The van der Waals surface area contributed by atoms with E-state index in [1.54, 1.807) is 67.0 Å². The summed E-state index contributed by atoms with van der Waals surface area (Å²) >= 11 is 12.2. The molecular formula is C23H16Cl2N2O3. The second-order valence-corrected chi connectivity index (χ2v) is 7.73. The largest absolute Gasteiger partial charge is 0.507 e. The Balaban J connectivity index is 1.94. The van der Waals surface area contributed by atoms with Gasteiger partial charge in [0.25, 0.3) is 11.7 Å². The molecule has 0 bridgehead atoms. The molecule has 4 rings (SSSR count). The van der Waals surface area contributed by atoms with Crippen LogP contribution in [0.5, 0.6) is 0 Å². The summed E-state index contributed by atoms with van der Waals surface area (Å²) in [6.45, 7) is 1.85. The number of carbonyl (C=O) groups is 2. The number of ketones is 1. The molecule has 30 heavy (non-hydrogen) atoms. The van der Waals surface area contributed by atoms with Crippen molar-refractivity contribution in [2.45, 2.75) is 13.0 Å². The van der Waals surface area contributed by atoms with Crippen molar-refractivity contribution in [3.8, 4) is 0 Å². The Labute approximate surface area is 183 Å². The van der Waals surface area contributed by atoms with Crippen molar-refractivity contribution in [2.24, 2.45) is 0 Å². The number of hydrogen-bond donors (Lipinski definition) is 1. The molecule has 1 aliphatic heterocycles. The summed E-state index contributed by atoms with van der Waals surface area (Å²) in [6, 6.07) is 14.1. The number of hydrogen-bond acceptors (Lipinski definition) is 4. The summed E-state index contributed by atoms with van der Waals surface area (Å²) in [7, 11) is 0. The van der Waals surface area contributed by atoms with Gasteiger partial charge in [-0.3, -0.25) is 19.5 Å². The first-order valence-electron chi connectivity index (χ1n) is 9.11. The van der Waals surface area contributed by atoms with Crippen molar-refractivity contribution in [1.29, 1.82) is 0 Å². The first-order valence-corrected chi connectivity index (χ1v) is 9.87. The van der Waals surface area contributed by atoms with Gasteiger partial charge in [0.05, 0.1) is 11.6 Å². The number of halogens is 2. The molecule has 1 amide bonds. The van der Waals surface area contributed by atoms with E-state index in [-0.39, 0.29) is 11.3 Å². The number of aryl methyl sites for hydroxylation is 1. The predicted molar refractivity (Wildman–Crippen MR) is 117 cm³/mol. The molecule has 1 aliphatic rings. The van der Waals surface area contributed by atoms with Crippen molar-refractivity contribution in [1.82, 2.24) is 4.98 Å². The molecule has 0 radical (unpaired) electrons. The molecule has 0 spiro atoms. The molecule has 0 aliphatic carbocycles. The van der Waals surface area contributed by atoms with Crippen LogP contribution in [0.25, 0.3) is 5.76 Å². The fourth-order valence-corrected chi connectivity index (χ4v) is 3.76. The molecule has 1 unspecified atom stereocenters. The maximum Gasteiger partial charge on any atom is 0.300 e. The van der Waals surface area contributed by atoms with E-state index in [0.717, 1.165) is 5.56 Å². The van der Waals surface area contributed by atoms with Gasteiger partial charge in [-0.25, -0.2) is 0 Å². The molecule has 150 valence electrons. The van der Waals surface area contributed by atoms with Crippen LogP contribution in [-0.4, -0.2) is 21.8 Å². The number of aromatic nitrogens is 1. The molecule has 3 aromatic rings. The van der Waals surface area contributed by atoms with Crippen LogP contribution in [0.4, 0.5) is 5.69 Å². The van der Waals surface area contributed by atoms with Gasteiger partial charge in [0.1, 0.15) is 5.76 Å². The van der Waals surface area contributed by atoms with Crippen LogP contribution in [0.1, 0.15) is 22.7 Å². The van der Waals surface area contributed by atoms with Gasteiger partial charge >= 0.3 is 0 Å². The third-order valence-electron chi connectivity index (χ3n) is 5.02. The van der Waals surface area contributed by atoms with E-state index in [1.165, 1.54) is 4.90 Å². The van der Waals surface area contributed by atoms with E-state index >= 15 is 0 Å². The number of anilines is 1. The smallest absolute Gasteiger partial charge is 0.300 e. The molecule has 2 aromatic carbocycles. The monoisotopic (exact) mass is 438 g/mol. The zero-order valence-electron chi connectivity index (χ0n) is 15.8. The summed E-state index contributed by atoms with van der Waals surface area (Å²) in [5, 5.41) is 12.0. The number of Topliss-reactive ketones (excluding diaryl/α,β-unsaturated/α-hetero) is 1. The lowest BCUT2D eigenvalue weighted by atomic mass is 9.96. The van der Waals surface area contributed by atoms with Crippen LogP contribution < -0.4 is 4.90 Å². The number of benzene rings is 2. The first-order chi connectivity index (χ1) is 14.4. The van der Waals surface area contributed by atoms with E-state index in [1.807, 2.05) is 6.92 Å². The summed E-state index contributed by atoms with van der Waals surface area (Å²) in [5.41, 5.74) is 2.32. The normalized spacial score (nSPS) is 18.1. The Kier molecular flexibility index (Phi) is 5.33. The van der Waals surface area contributed by atoms with Crippen molar-refractivity contribution in [3.05, 3.63) is 99.3 Å². The van der Waals surface area contributed by atoms with E-state index in [4.69, 9.17) is 23.2 Å². The number of carbonyl (C=O) groups excluding carboxylic acids is 2. The molecule has 1 aromatic heterocycles. The summed E-state index contributed by atoms with van der Waals surface area (Å²) in [6.07, 6.45) is 3.14. The third-order valence-corrected chi connectivity index (χ3v) is 5.68. The lowest BCUT2D eigenvalue weighted by molar-refractivity contribution is -0.132. The lowest BCUT2D eigenvalue weighted by Gasteiger charge is -2.25. The minimum Gasteiger partial charge on any atom is -0.507 e. The van der Waals surface area contributed by atoms with Crippen molar-refractivity contribution in [3.63, 3.8) is 0 Å². The Hall–Kier alpha value is -3.15. The quantitative estimate of drug-likeness (QED) is 0.341. The molecule has 2 heterocycles. The molecule has 0 saturated carbocycles. The highest BCUT2D eigenvalue weighted by molar-refractivity contribution is 6.51. The average Bonchev–Trinajstić information content (AvgIpc) is 3.01. The van der Waals surface area contributed by atoms with Gasteiger partial charge in [-0.1, -0.05) is 29.3 Å². The Morgan fingerprint density at radius 3 is 2.30 bits per heavy atom. The van der Waals surface area contributed by atoms with Gasteiger partial charge in [0.2, 0.25) is 0 Å². The second kappa shape index (κ2) is 7.94. The Morgan fingerprint density at radius 2 is 1.67 bits per heavy atom. The van der Waals surface area contributed by atoms with E-state index in [9.17, 15) is 14.7 Å². The second-order valence-electron chi connectivity index (χ2n) is 6.89. The molecule has 1 atom stereocenters. The van der Waals surface area contributed by atoms with E-state index in [2.05, 4.69) is 4.98 Å². The predicted octanol–water partition coefficient (Wildman–Crippen LogP) is 5.32. The maximum atomic E-state index is 13.0. The van der Waals surface area contributed by atoms with Gasteiger partial charge in [-0.2, -0.15) is 0 Å². The highest BCUT2D eigenvalue weighted by Crippen LogP contribution is 2.42. The third kappa shape index (κ3) is 3.47. The zero-order valence-corrected chi connectivity index (χ0v) is 17.4. The number of aliphatic hydroxyl groups excluding tert-OH is 1. The molecule has 1 N–H and O–H groups in total. The van der Waals surface area contributed by atoms with Crippen molar-refractivity contribution < 1.29 is 14.7 Å². The highest BCUT2D eigenvalue weighted by atomic mass is 35.5. The van der Waals surface area contributed by atoms with Gasteiger partial charge in [-0.15, -0.1) is 0 Å². The van der Waals surface area contributed by atoms with E-state index in [0.29, 0.717) is 26.9 Å². The SMILES string of the molecule is Cc1ccc(N2C(=O)C(=O)/C(=C(/O)c3ccc(Cl)cc3)C2c2ccncc2)cc1Cl. The van der Waals surface area contributed by atoms with Gasteiger partial charge in [0, 0.05) is 33.7 Å². The lowest BCUT2D eigenvalue weighted by Crippen LogP contribution is -2.29. The molecule has 7 heteroatoms. The van der Waals surface area contributed by atoms with Crippen LogP contribution in [0.3, 0.4) is 0 Å². The zero-order chi connectivity index (χ0) is 21.4. The van der Waals surface area contributed by atoms with Crippen LogP contribution in [0, 0.1) is 6.92 Å². The van der Waals surface area contributed by atoms with Crippen LogP contribution in [-0.2, 0) is 9.59 Å². The standard InChI is InChI=1S/C23H16Cl2N2O3/c1-13-2-7-17(12-18(13)25)27-20(14-8-10-26-11-9-14)19(22(29)23(27)30)21(28)15-3-5-16(24)6-4-15/h2-12,20,28H,1H3/b21-19+. The van der Waals surface area contributed by atoms with Gasteiger partial charge in [-0.05, 0) is 66.6 Å². The Morgan fingerprint density at radius 1 is 1.00 bits per heavy atom. The van der Waals surface area contributed by atoms with Crippen LogP contribution in [0.15, 0.2) is 72.6 Å². The fraction of sp³-hybridized carbons (Fsp3) is 0.0870. The molecule has 1 saturated heterocycles. The minimum atomic E-state index is -0.831. The summed E-state index contributed by atoms with van der Waals surface area (Å²) in [4.78, 5) is 31.4. The van der Waals surface area contributed by atoms with Crippen LogP contribution >= 0.6 is 23.2 Å². The van der Waals surface area contributed by atoms with Crippen LogP contribution in [0.2, 0.25) is 10.0 Å². The highest BCUT2D eigenvalue weighted by Gasteiger charge is 2.47. The number of amides is 1. The summed E-state index contributed by atoms with van der Waals surface area (Å²) < 4.78 is 0. The number of pyridine rings is 1. The molecular weight excluding hydrogens is 423 g/mol. The maximum absolute atomic E-state index is 13.0. The van der Waals surface area contributed by atoms with E-state index < -0.39 is 17.7 Å². The number of nitrogens with zero attached hydrogens (tertiary/aromatic N) is 2.